The first-order chi connectivity index (χ1) is 7.61. The third-order valence-electron chi connectivity index (χ3n) is 1.92. The second-order valence-electron chi connectivity index (χ2n) is 3.08. The predicted octanol–water partition coefficient (Wildman–Crippen LogP) is 1.23. The summed E-state index contributed by atoms with van der Waals surface area (Å²) in [5.41, 5.74) is 5.40. The van der Waals surface area contributed by atoms with E-state index in [0.29, 0.717) is 23.7 Å². The minimum absolute atomic E-state index is 0.135. The number of nitrogens with two attached hydrogens (primary N) is 1. The van der Waals surface area contributed by atoms with Crippen molar-refractivity contribution in [1.82, 2.24) is 5.32 Å². The molecule has 0 aliphatic carbocycles. The Bertz CT molecular complexity index is 351. The van der Waals surface area contributed by atoms with Gasteiger partial charge in [0.2, 0.25) is 0 Å². The van der Waals surface area contributed by atoms with Crippen molar-refractivity contribution in [1.29, 1.82) is 0 Å². The second kappa shape index (κ2) is 6.19. The fourth-order valence-corrected chi connectivity index (χ4v) is 1.40. The van der Waals surface area contributed by atoms with Crippen LogP contribution in [-0.4, -0.2) is 24.4 Å². The first-order valence-corrected chi connectivity index (χ1v) is 5.08. The Kier molecular flexibility index (Phi) is 4.88. The lowest BCUT2D eigenvalue weighted by Gasteiger charge is -2.08. The zero-order chi connectivity index (χ0) is 12.0. The van der Waals surface area contributed by atoms with E-state index in [9.17, 15) is 9.90 Å². The van der Waals surface area contributed by atoms with Crippen LogP contribution >= 0.6 is 11.6 Å². The lowest BCUT2D eigenvalue weighted by molar-refractivity contribution is 0.157. The number of carbonyl (C=O) groups excluding carboxylic acids is 1. The molecule has 0 saturated carbocycles. The molecule has 1 aromatic rings. The van der Waals surface area contributed by atoms with Gasteiger partial charge in [0.25, 0.3) is 0 Å². The molecular weight excluding hydrogens is 232 g/mol. The van der Waals surface area contributed by atoms with Crippen LogP contribution < -0.4 is 11.1 Å². The minimum atomic E-state index is -0.803. The summed E-state index contributed by atoms with van der Waals surface area (Å²) in [6.07, 6.45) is -0.803. The van der Waals surface area contributed by atoms with Gasteiger partial charge in [0.05, 0.1) is 0 Å². The molecule has 0 aliphatic rings. The fraction of sp³-hybridized carbons (Fsp3) is 0.300. The SMILES string of the molecule is NC(=O)OCCNCc1c(O)cccc1Cl. The number of carbonyl (C=O) groups is 1. The molecule has 6 heteroatoms. The van der Waals surface area contributed by atoms with Crippen molar-refractivity contribution in [3.63, 3.8) is 0 Å². The highest BCUT2D eigenvalue weighted by molar-refractivity contribution is 6.31. The Morgan fingerprint density at radius 1 is 1.56 bits per heavy atom. The Morgan fingerprint density at radius 2 is 2.31 bits per heavy atom. The van der Waals surface area contributed by atoms with E-state index in [1.807, 2.05) is 0 Å². The molecule has 0 radical (unpaired) electrons. The van der Waals surface area contributed by atoms with Gasteiger partial charge in [-0.05, 0) is 12.1 Å². The van der Waals surface area contributed by atoms with Crippen LogP contribution in [0.5, 0.6) is 5.75 Å². The van der Waals surface area contributed by atoms with Gasteiger partial charge < -0.3 is 20.9 Å². The number of aromatic hydroxyl groups is 1. The number of phenols is 1. The molecule has 0 atom stereocenters. The number of rotatable bonds is 5. The minimum Gasteiger partial charge on any atom is -0.508 e. The largest absolute Gasteiger partial charge is 0.508 e. The third kappa shape index (κ3) is 3.96. The van der Waals surface area contributed by atoms with Crippen LogP contribution in [0.3, 0.4) is 0 Å². The van der Waals surface area contributed by atoms with Crippen molar-refractivity contribution < 1.29 is 14.6 Å². The quantitative estimate of drug-likeness (QED) is 0.680. The van der Waals surface area contributed by atoms with Gasteiger partial charge in [-0.1, -0.05) is 17.7 Å². The number of ether oxygens (including phenoxy) is 1. The van der Waals surface area contributed by atoms with E-state index >= 15 is 0 Å². The highest BCUT2D eigenvalue weighted by Crippen LogP contribution is 2.24. The zero-order valence-corrected chi connectivity index (χ0v) is 9.33. The van der Waals surface area contributed by atoms with Gasteiger partial charge in [0.1, 0.15) is 12.4 Å². The van der Waals surface area contributed by atoms with E-state index in [2.05, 4.69) is 10.1 Å². The van der Waals surface area contributed by atoms with E-state index in [1.54, 1.807) is 18.2 Å². The molecule has 88 valence electrons. The van der Waals surface area contributed by atoms with Crippen LogP contribution in [0.25, 0.3) is 0 Å². The lowest BCUT2D eigenvalue weighted by Crippen LogP contribution is -2.23. The molecule has 0 unspecified atom stereocenters. The Morgan fingerprint density at radius 3 is 2.94 bits per heavy atom. The van der Waals surface area contributed by atoms with E-state index in [0.717, 1.165) is 0 Å². The summed E-state index contributed by atoms with van der Waals surface area (Å²) in [6, 6.07) is 4.92. The zero-order valence-electron chi connectivity index (χ0n) is 8.57. The molecule has 5 nitrogen and oxygen atoms in total. The smallest absolute Gasteiger partial charge is 0.404 e. The molecule has 1 amide bonds. The molecule has 0 heterocycles. The number of nitrogens with one attached hydrogen (secondary N) is 1. The molecule has 0 aromatic heterocycles. The van der Waals surface area contributed by atoms with Crippen LogP contribution in [0.4, 0.5) is 4.79 Å². The number of amides is 1. The maximum Gasteiger partial charge on any atom is 0.404 e. The summed E-state index contributed by atoms with van der Waals surface area (Å²) in [6.45, 7) is 1.02. The highest BCUT2D eigenvalue weighted by atomic mass is 35.5. The van der Waals surface area contributed by atoms with E-state index in [-0.39, 0.29) is 12.4 Å². The van der Waals surface area contributed by atoms with E-state index in [1.165, 1.54) is 0 Å². The van der Waals surface area contributed by atoms with Gasteiger partial charge >= 0.3 is 6.09 Å². The summed E-state index contributed by atoms with van der Waals surface area (Å²) >= 11 is 5.89. The normalized spacial score (nSPS) is 10.1. The maximum absolute atomic E-state index is 10.3. The van der Waals surface area contributed by atoms with Crippen LogP contribution in [0.15, 0.2) is 18.2 Å². The van der Waals surface area contributed by atoms with Gasteiger partial charge in [0.15, 0.2) is 0 Å². The molecule has 4 N–H and O–H groups in total. The number of hydrogen-bond acceptors (Lipinski definition) is 4. The van der Waals surface area contributed by atoms with Crippen molar-refractivity contribution in [3.05, 3.63) is 28.8 Å². The standard InChI is InChI=1S/C10H13ClN2O3/c11-8-2-1-3-9(14)7(8)6-13-4-5-16-10(12)15/h1-3,13-14H,4-6H2,(H2,12,15). The Hall–Kier alpha value is -1.46. The summed E-state index contributed by atoms with van der Waals surface area (Å²) in [7, 11) is 0. The first-order valence-electron chi connectivity index (χ1n) is 4.70. The lowest BCUT2D eigenvalue weighted by atomic mass is 10.2. The topological polar surface area (TPSA) is 84.6 Å². The Balaban J connectivity index is 2.34. The second-order valence-corrected chi connectivity index (χ2v) is 3.49. The number of halogens is 1. The van der Waals surface area contributed by atoms with Crippen LogP contribution in [0.2, 0.25) is 5.02 Å². The summed E-state index contributed by atoms with van der Waals surface area (Å²) in [4.78, 5) is 10.3. The Labute approximate surface area is 98.2 Å². The first kappa shape index (κ1) is 12.6. The summed E-state index contributed by atoms with van der Waals surface area (Å²) in [5.74, 6) is 0.135. The average Bonchev–Trinajstić information content (AvgIpc) is 2.21. The van der Waals surface area contributed by atoms with Crippen molar-refractivity contribution >= 4 is 17.7 Å². The van der Waals surface area contributed by atoms with Gasteiger partial charge in [-0.2, -0.15) is 0 Å². The van der Waals surface area contributed by atoms with Crippen molar-refractivity contribution in [3.8, 4) is 5.75 Å². The van der Waals surface area contributed by atoms with Crippen molar-refractivity contribution in [2.45, 2.75) is 6.54 Å². The molecule has 1 aromatic carbocycles. The van der Waals surface area contributed by atoms with Crippen molar-refractivity contribution in [2.75, 3.05) is 13.2 Å². The molecule has 0 saturated heterocycles. The van der Waals surface area contributed by atoms with Crippen LogP contribution in [0, 0.1) is 0 Å². The van der Waals surface area contributed by atoms with Gasteiger partial charge in [-0.15, -0.1) is 0 Å². The predicted molar refractivity (Wildman–Crippen MR) is 60.4 cm³/mol. The molecule has 16 heavy (non-hydrogen) atoms. The highest BCUT2D eigenvalue weighted by Gasteiger charge is 2.04. The van der Waals surface area contributed by atoms with E-state index < -0.39 is 6.09 Å². The van der Waals surface area contributed by atoms with Crippen LogP contribution in [-0.2, 0) is 11.3 Å². The monoisotopic (exact) mass is 244 g/mol. The molecule has 0 fully saturated rings. The summed E-state index contributed by atoms with van der Waals surface area (Å²) in [5, 5.41) is 13.0. The molecule has 1 rings (SSSR count). The number of phenolic OH excluding ortho intramolecular Hbond substituents is 1. The maximum atomic E-state index is 10.3. The van der Waals surface area contributed by atoms with Gasteiger partial charge in [-0.25, -0.2) is 4.79 Å². The number of benzene rings is 1. The fourth-order valence-electron chi connectivity index (χ4n) is 1.16. The number of hydrogen-bond donors (Lipinski definition) is 3. The van der Waals surface area contributed by atoms with Gasteiger partial charge in [0, 0.05) is 23.7 Å². The molecular formula is C10H13ClN2O3. The van der Waals surface area contributed by atoms with E-state index in [4.69, 9.17) is 17.3 Å². The van der Waals surface area contributed by atoms with Gasteiger partial charge in [-0.3, -0.25) is 0 Å². The van der Waals surface area contributed by atoms with Crippen molar-refractivity contribution in [2.24, 2.45) is 5.73 Å². The molecule has 0 bridgehead atoms. The molecule has 0 spiro atoms. The van der Waals surface area contributed by atoms with Crippen LogP contribution in [0.1, 0.15) is 5.56 Å². The summed E-state index contributed by atoms with van der Waals surface area (Å²) < 4.78 is 4.52. The molecule has 0 aliphatic heterocycles. The third-order valence-corrected chi connectivity index (χ3v) is 2.27. The number of primary amides is 1. The average molecular weight is 245 g/mol.